The molecule has 2 fully saturated rings. The lowest BCUT2D eigenvalue weighted by Gasteiger charge is -2.35. The second-order valence-corrected chi connectivity index (χ2v) is 7.80. The maximum atomic E-state index is 12.4. The Hall–Kier alpha value is -0.560. The van der Waals surface area contributed by atoms with Gasteiger partial charge >= 0.3 is 0 Å². The van der Waals surface area contributed by atoms with Crippen molar-refractivity contribution in [3.63, 3.8) is 0 Å². The van der Waals surface area contributed by atoms with Gasteiger partial charge in [-0.05, 0) is 43.7 Å². The minimum Gasteiger partial charge on any atom is -0.391 e. The van der Waals surface area contributed by atoms with Crippen molar-refractivity contribution >= 4 is 42.3 Å². The van der Waals surface area contributed by atoms with Gasteiger partial charge in [-0.1, -0.05) is 29.8 Å². The summed E-state index contributed by atoms with van der Waals surface area (Å²) in [4.78, 5) is 14.8. The topological polar surface area (TPSA) is 78.6 Å². The molecular formula is C19H30Cl3N3O2. The zero-order valence-electron chi connectivity index (χ0n) is 15.4. The number of nitrogens with one attached hydrogen (secondary N) is 1. The van der Waals surface area contributed by atoms with E-state index in [1.807, 2.05) is 18.2 Å². The van der Waals surface area contributed by atoms with Crippen LogP contribution < -0.4 is 11.1 Å². The summed E-state index contributed by atoms with van der Waals surface area (Å²) in [5.41, 5.74) is 6.97. The number of nitrogens with zero attached hydrogens (tertiary/aromatic N) is 1. The van der Waals surface area contributed by atoms with Crippen molar-refractivity contribution in [3.05, 3.63) is 34.9 Å². The smallest absolute Gasteiger partial charge is 0.223 e. The zero-order chi connectivity index (χ0) is 17.8. The van der Waals surface area contributed by atoms with Crippen LogP contribution in [0.5, 0.6) is 0 Å². The van der Waals surface area contributed by atoms with E-state index >= 15 is 0 Å². The van der Waals surface area contributed by atoms with E-state index in [2.05, 4.69) is 16.3 Å². The van der Waals surface area contributed by atoms with Gasteiger partial charge in [-0.2, -0.15) is 0 Å². The Balaban J connectivity index is 0.00000182. The van der Waals surface area contributed by atoms with Gasteiger partial charge in [-0.3, -0.25) is 9.69 Å². The molecule has 0 spiro atoms. The SMILES string of the molecule is Cl.Cl.N[C@@H]1CC[C@H](C(=O)NC2CCN(Cc3ccccc3Cl)CC2)C[C@H]1O. The fourth-order valence-electron chi connectivity index (χ4n) is 3.83. The second kappa shape index (κ2) is 11.4. The number of piperidine rings is 1. The molecule has 1 heterocycles. The number of carbonyl (C=O) groups excluding carboxylic acids is 1. The first-order chi connectivity index (χ1) is 12.0. The van der Waals surface area contributed by atoms with Crippen molar-refractivity contribution in [1.29, 1.82) is 0 Å². The van der Waals surface area contributed by atoms with E-state index in [-0.39, 0.29) is 48.7 Å². The van der Waals surface area contributed by atoms with Crippen molar-refractivity contribution in [2.24, 2.45) is 11.7 Å². The highest BCUT2D eigenvalue weighted by Crippen LogP contribution is 2.25. The fourth-order valence-corrected chi connectivity index (χ4v) is 4.03. The molecule has 1 amide bonds. The molecule has 0 aromatic heterocycles. The van der Waals surface area contributed by atoms with Gasteiger partial charge in [0.15, 0.2) is 0 Å². The molecule has 154 valence electrons. The van der Waals surface area contributed by atoms with Crippen LogP contribution >= 0.6 is 36.4 Å². The van der Waals surface area contributed by atoms with Crippen LogP contribution in [0.3, 0.4) is 0 Å². The number of hydrogen-bond donors (Lipinski definition) is 3. The number of benzene rings is 1. The van der Waals surface area contributed by atoms with Crippen molar-refractivity contribution in [3.8, 4) is 0 Å². The number of hydrogen-bond acceptors (Lipinski definition) is 4. The number of halogens is 3. The van der Waals surface area contributed by atoms with Crippen molar-refractivity contribution in [2.75, 3.05) is 13.1 Å². The first kappa shape index (κ1) is 24.5. The highest BCUT2D eigenvalue weighted by molar-refractivity contribution is 6.31. The number of carbonyl (C=O) groups is 1. The number of nitrogens with two attached hydrogens (primary N) is 1. The van der Waals surface area contributed by atoms with Crippen LogP contribution in [0.15, 0.2) is 24.3 Å². The fraction of sp³-hybridized carbons (Fsp3) is 0.632. The Morgan fingerprint density at radius 2 is 1.85 bits per heavy atom. The third-order valence-corrected chi connectivity index (χ3v) is 5.89. The summed E-state index contributed by atoms with van der Waals surface area (Å²) >= 11 is 6.24. The van der Waals surface area contributed by atoms with Gasteiger partial charge in [-0.25, -0.2) is 0 Å². The average molecular weight is 439 g/mol. The van der Waals surface area contributed by atoms with Gasteiger partial charge in [-0.15, -0.1) is 24.8 Å². The van der Waals surface area contributed by atoms with E-state index < -0.39 is 6.10 Å². The largest absolute Gasteiger partial charge is 0.391 e. The Morgan fingerprint density at radius 1 is 1.19 bits per heavy atom. The van der Waals surface area contributed by atoms with Gasteiger partial charge in [0.05, 0.1) is 6.10 Å². The summed E-state index contributed by atoms with van der Waals surface area (Å²) < 4.78 is 0. The molecule has 1 saturated carbocycles. The third kappa shape index (κ3) is 6.77. The maximum Gasteiger partial charge on any atom is 0.223 e. The van der Waals surface area contributed by atoms with Crippen molar-refractivity contribution < 1.29 is 9.90 Å². The molecule has 5 nitrogen and oxygen atoms in total. The molecule has 0 radical (unpaired) electrons. The van der Waals surface area contributed by atoms with Crippen LogP contribution in [0.2, 0.25) is 5.02 Å². The highest BCUT2D eigenvalue weighted by Gasteiger charge is 2.32. The molecule has 1 aromatic carbocycles. The van der Waals surface area contributed by atoms with Crippen LogP contribution in [0, 0.1) is 5.92 Å². The maximum absolute atomic E-state index is 12.4. The molecule has 27 heavy (non-hydrogen) atoms. The van der Waals surface area contributed by atoms with E-state index in [0.717, 1.165) is 55.9 Å². The molecular weight excluding hydrogens is 409 g/mol. The van der Waals surface area contributed by atoms with Crippen LogP contribution in [0.4, 0.5) is 0 Å². The predicted octanol–water partition coefficient (Wildman–Crippen LogP) is 2.75. The third-order valence-electron chi connectivity index (χ3n) is 5.53. The normalized spacial score (nSPS) is 26.6. The summed E-state index contributed by atoms with van der Waals surface area (Å²) in [6.45, 7) is 2.76. The second-order valence-electron chi connectivity index (χ2n) is 7.39. The standard InChI is InChI=1S/C19H28ClN3O2.2ClH/c20-16-4-2-1-3-14(16)12-23-9-7-15(8-10-23)22-19(25)13-5-6-17(21)18(24)11-13;;/h1-4,13,15,17-18,24H,5-12,21H2,(H,22,25);2*1H/t13-,17+,18+;;/m0../s1. The Kier molecular flexibility index (Phi) is 10.4. The molecule has 4 N–H and O–H groups in total. The van der Waals surface area contributed by atoms with E-state index in [0.29, 0.717) is 6.42 Å². The van der Waals surface area contributed by atoms with Gasteiger partial charge in [0.1, 0.15) is 0 Å². The lowest BCUT2D eigenvalue weighted by molar-refractivity contribution is -0.128. The molecule has 1 aliphatic heterocycles. The van der Waals surface area contributed by atoms with Crippen molar-refractivity contribution in [1.82, 2.24) is 10.2 Å². The molecule has 1 aliphatic carbocycles. The van der Waals surface area contributed by atoms with E-state index in [1.165, 1.54) is 0 Å². The number of aliphatic hydroxyl groups excluding tert-OH is 1. The van der Waals surface area contributed by atoms with Gasteiger partial charge in [0.2, 0.25) is 5.91 Å². The minimum atomic E-state index is -0.554. The molecule has 3 atom stereocenters. The quantitative estimate of drug-likeness (QED) is 0.675. The Labute approximate surface area is 178 Å². The number of aliphatic hydroxyl groups is 1. The van der Waals surface area contributed by atoms with Crippen LogP contribution in [0.25, 0.3) is 0 Å². The minimum absolute atomic E-state index is 0. The monoisotopic (exact) mass is 437 g/mol. The number of amides is 1. The van der Waals surface area contributed by atoms with Crippen LogP contribution in [-0.4, -0.2) is 47.2 Å². The summed E-state index contributed by atoms with van der Waals surface area (Å²) in [5.74, 6) is -0.0218. The molecule has 0 unspecified atom stereocenters. The van der Waals surface area contributed by atoms with Crippen molar-refractivity contribution in [2.45, 2.75) is 56.8 Å². The summed E-state index contributed by atoms with van der Waals surface area (Å²) in [5, 5.41) is 13.9. The van der Waals surface area contributed by atoms with E-state index in [9.17, 15) is 9.90 Å². The highest BCUT2D eigenvalue weighted by atomic mass is 35.5. The number of likely N-dealkylation sites (tertiary alicyclic amines) is 1. The average Bonchev–Trinajstić information content (AvgIpc) is 2.61. The summed E-state index contributed by atoms with van der Waals surface area (Å²) in [7, 11) is 0. The molecule has 0 bridgehead atoms. The first-order valence-electron chi connectivity index (χ1n) is 9.22. The van der Waals surface area contributed by atoms with E-state index in [1.54, 1.807) is 0 Å². The summed E-state index contributed by atoms with van der Waals surface area (Å²) in [6.07, 6.45) is 3.32. The van der Waals surface area contributed by atoms with Gasteiger partial charge < -0.3 is 16.2 Å². The van der Waals surface area contributed by atoms with Gasteiger partial charge in [0, 0.05) is 42.7 Å². The number of rotatable bonds is 4. The molecule has 1 aromatic rings. The zero-order valence-corrected chi connectivity index (χ0v) is 17.7. The Morgan fingerprint density at radius 3 is 2.48 bits per heavy atom. The van der Waals surface area contributed by atoms with E-state index in [4.69, 9.17) is 17.3 Å². The summed E-state index contributed by atoms with van der Waals surface area (Å²) in [6, 6.07) is 7.99. The lowest BCUT2D eigenvalue weighted by Crippen LogP contribution is -2.49. The van der Waals surface area contributed by atoms with Crippen LogP contribution in [-0.2, 0) is 11.3 Å². The van der Waals surface area contributed by atoms with Crippen LogP contribution in [0.1, 0.15) is 37.7 Å². The molecule has 1 saturated heterocycles. The van der Waals surface area contributed by atoms with Gasteiger partial charge in [0.25, 0.3) is 0 Å². The molecule has 2 aliphatic rings. The molecule has 3 rings (SSSR count). The first-order valence-corrected chi connectivity index (χ1v) is 9.60. The molecule has 8 heteroatoms. The predicted molar refractivity (Wildman–Crippen MR) is 114 cm³/mol. The lowest BCUT2D eigenvalue weighted by atomic mass is 9.83. The Bertz CT molecular complexity index is 597.